The van der Waals surface area contributed by atoms with Crippen molar-refractivity contribution < 1.29 is 18.8 Å². The molecule has 3 rings (SSSR count). The number of nitrogens with one attached hydrogen (secondary N) is 1. The van der Waals surface area contributed by atoms with Crippen LogP contribution in [0.5, 0.6) is 0 Å². The van der Waals surface area contributed by atoms with Gasteiger partial charge < -0.3 is 10.1 Å². The predicted octanol–water partition coefficient (Wildman–Crippen LogP) is 5.50. The zero-order valence-corrected chi connectivity index (χ0v) is 18.2. The number of carbonyl (C=O) groups is 1. The number of nitrogens with zero attached hydrogens (tertiary/aromatic N) is 2. The Hall–Kier alpha value is -2.56. The van der Waals surface area contributed by atoms with Crippen LogP contribution in [0.2, 0.25) is 0 Å². The summed E-state index contributed by atoms with van der Waals surface area (Å²) in [6.45, 7) is 4.07. The molecule has 0 saturated heterocycles. The number of rotatable bonds is 8. The van der Waals surface area contributed by atoms with Gasteiger partial charge in [0, 0.05) is 24.6 Å². The zero-order chi connectivity index (χ0) is 21.9. The highest BCUT2D eigenvalue weighted by molar-refractivity contribution is 8.01. The van der Waals surface area contributed by atoms with Gasteiger partial charge >= 0.3 is 0 Å². The number of non-ortho nitro benzene ring substituents is 1. The molecule has 0 aliphatic heterocycles. The number of amides is 1. The topological polar surface area (TPSA) is 94.4 Å². The van der Waals surface area contributed by atoms with Crippen molar-refractivity contribution >= 4 is 50.6 Å². The Morgan fingerprint density at radius 1 is 1.33 bits per heavy atom. The third-order valence-corrected chi connectivity index (χ3v) is 6.68. The van der Waals surface area contributed by atoms with Gasteiger partial charge in [0.2, 0.25) is 0 Å². The number of anilines is 1. The summed E-state index contributed by atoms with van der Waals surface area (Å²) in [4.78, 5) is 26.9. The van der Waals surface area contributed by atoms with E-state index in [4.69, 9.17) is 4.74 Å². The Morgan fingerprint density at radius 2 is 2.10 bits per heavy atom. The SMILES string of the molecule is COC(C)(C)CCSc1nc2ccc(NC(=O)c3ccc([N+](=O)[O-])cc3F)cc2s1. The normalized spacial score (nSPS) is 11.6. The number of ether oxygens (including phenoxy) is 1. The van der Waals surface area contributed by atoms with Crippen molar-refractivity contribution in [2.45, 2.75) is 30.2 Å². The van der Waals surface area contributed by atoms with Crippen molar-refractivity contribution in [1.82, 2.24) is 4.98 Å². The van der Waals surface area contributed by atoms with Gasteiger partial charge in [0.1, 0.15) is 5.82 Å². The van der Waals surface area contributed by atoms with Crippen molar-refractivity contribution in [3.63, 3.8) is 0 Å². The van der Waals surface area contributed by atoms with E-state index >= 15 is 0 Å². The Morgan fingerprint density at radius 3 is 2.77 bits per heavy atom. The van der Waals surface area contributed by atoms with E-state index in [2.05, 4.69) is 10.3 Å². The first-order valence-electron chi connectivity index (χ1n) is 9.02. The van der Waals surface area contributed by atoms with E-state index in [1.165, 1.54) is 11.3 Å². The third kappa shape index (κ3) is 5.32. The van der Waals surface area contributed by atoms with Crippen molar-refractivity contribution in [2.75, 3.05) is 18.2 Å². The van der Waals surface area contributed by atoms with Gasteiger partial charge in [-0.3, -0.25) is 14.9 Å². The Balaban J connectivity index is 1.70. The summed E-state index contributed by atoms with van der Waals surface area (Å²) in [6.07, 6.45) is 0.881. The molecule has 0 radical (unpaired) electrons. The minimum atomic E-state index is -0.946. The van der Waals surface area contributed by atoms with Crippen molar-refractivity contribution in [3.8, 4) is 0 Å². The molecule has 0 fully saturated rings. The number of fused-ring (bicyclic) bond motifs is 1. The van der Waals surface area contributed by atoms with Crippen LogP contribution in [0.1, 0.15) is 30.6 Å². The molecule has 30 heavy (non-hydrogen) atoms. The summed E-state index contributed by atoms with van der Waals surface area (Å²) in [5.74, 6) is -0.759. The fraction of sp³-hybridized carbons (Fsp3) is 0.300. The van der Waals surface area contributed by atoms with Gasteiger partial charge in [-0.05, 0) is 44.5 Å². The maximum absolute atomic E-state index is 14.1. The number of nitro groups is 1. The number of thioether (sulfide) groups is 1. The molecule has 3 aromatic rings. The van der Waals surface area contributed by atoms with E-state index in [0.717, 1.165) is 44.9 Å². The molecule has 0 spiro atoms. The minimum absolute atomic E-state index is 0.186. The molecule has 1 heterocycles. The van der Waals surface area contributed by atoms with Gasteiger partial charge in [-0.1, -0.05) is 11.8 Å². The lowest BCUT2D eigenvalue weighted by molar-refractivity contribution is -0.385. The maximum atomic E-state index is 14.1. The Bertz CT molecular complexity index is 1100. The smallest absolute Gasteiger partial charge is 0.272 e. The second-order valence-corrected chi connectivity index (χ2v) is 9.47. The average Bonchev–Trinajstić information content (AvgIpc) is 3.09. The summed E-state index contributed by atoms with van der Waals surface area (Å²) in [7, 11) is 1.70. The van der Waals surface area contributed by atoms with Gasteiger partial charge in [-0.25, -0.2) is 9.37 Å². The minimum Gasteiger partial charge on any atom is -0.379 e. The highest BCUT2D eigenvalue weighted by atomic mass is 32.2. The summed E-state index contributed by atoms with van der Waals surface area (Å²) >= 11 is 3.16. The van der Waals surface area contributed by atoms with E-state index < -0.39 is 22.3 Å². The van der Waals surface area contributed by atoms with Gasteiger partial charge in [-0.2, -0.15) is 0 Å². The van der Waals surface area contributed by atoms with Crippen LogP contribution in [0.25, 0.3) is 10.2 Å². The lowest BCUT2D eigenvalue weighted by Gasteiger charge is -2.21. The van der Waals surface area contributed by atoms with Crippen LogP contribution < -0.4 is 5.32 Å². The summed E-state index contributed by atoms with van der Waals surface area (Å²) in [5.41, 5.74) is 0.448. The molecule has 1 N–H and O–H groups in total. The number of hydrogen-bond donors (Lipinski definition) is 1. The number of thiazole rings is 1. The molecule has 158 valence electrons. The second kappa shape index (κ2) is 9.07. The number of aromatic nitrogens is 1. The van der Waals surface area contributed by atoms with Gasteiger partial charge in [0.05, 0.1) is 32.4 Å². The standard InChI is InChI=1S/C20H20FN3O4S2/c1-20(2,28-3)8-9-29-19-23-16-7-4-12(10-17(16)30-19)22-18(25)14-6-5-13(24(26)27)11-15(14)21/h4-7,10-11H,8-9H2,1-3H3,(H,22,25). The monoisotopic (exact) mass is 449 g/mol. The van der Waals surface area contributed by atoms with Crippen LogP contribution in [0.15, 0.2) is 40.7 Å². The molecule has 0 bridgehead atoms. The van der Waals surface area contributed by atoms with Crippen LogP contribution >= 0.6 is 23.1 Å². The van der Waals surface area contributed by atoms with Crippen LogP contribution in [0.3, 0.4) is 0 Å². The lowest BCUT2D eigenvalue weighted by Crippen LogP contribution is -2.22. The van der Waals surface area contributed by atoms with Gasteiger partial charge in [0.25, 0.3) is 11.6 Å². The van der Waals surface area contributed by atoms with E-state index in [1.807, 2.05) is 13.8 Å². The number of methoxy groups -OCH3 is 1. The first-order valence-corrected chi connectivity index (χ1v) is 10.8. The fourth-order valence-electron chi connectivity index (χ4n) is 2.53. The van der Waals surface area contributed by atoms with E-state index in [1.54, 1.807) is 37.1 Å². The van der Waals surface area contributed by atoms with Crippen LogP contribution in [-0.4, -0.2) is 34.3 Å². The molecule has 0 unspecified atom stereocenters. The molecule has 0 saturated carbocycles. The number of carbonyl (C=O) groups excluding carboxylic acids is 1. The number of nitro benzene ring substituents is 1. The van der Waals surface area contributed by atoms with Crippen LogP contribution in [-0.2, 0) is 4.74 Å². The quantitative estimate of drug-likeness (QED) is 0.277. The Labute approximate surface area is 180 Å². The molecule has 0 aliphatic carbocycles. The van der Waals surface area contributed by atoms with Gasteiger partial charge in [-0.15, -0.1) is 11.3 Å². The highest BCUT2D eigenvalue weighted by Crippen LogP contribution is 2.32. The molecule has 1 amide bonds. The average molecular weight is 450 g/mol. The summed E-state index contributed by atoms with van der Waals surface area (Å²) in [6, 6.07) is 8.18. The Kier molecular flexibility index (Phi) is 6.69. The maximum Gasteiger partial charge on any atom is 0.272 e. The molecule has 0 atom stereocenters. The van der Waals surface area contributed by atoms with Crippen molar-refractivity contribution in [1.29, 1.82) is 0 Å². The van der Waals surface area contributed by atoms with Crippen LogP contribution in [0.4, 0.5) is 15.8 Å². The molecular weight excluding hydrogens is 429 g/mol. The first kappa shape index (κ1) is 22.1. The summed E-state index contributed by atoms with van der Waals surface area (Å²) in [5, 5.41) is 13.3. The third-order valence-electron chi connectivity index (χ3n) is 4.52. The van der Waals surface area contributed by atoms with Crippen LogP contribution in [0, 0.1) is 15.9 Å². The number of benzene rings is 2. The van der Waals surface area contributed by atoms with Gasteiger partial charge in [0.15, 0.2) is 4.34 Å². The molecule has 0 aliphatic rings. The predicted molar refractivity (Wildman–Crippen MR) is 117 cm³/mol. The van der Waals surface area contributed by atoms with Crippen molar-refractivity contribution in [3.05, 3.63) is 57.9 Å². The molecule has 10 heteroatoms. The number of halogens is 1. The molecule has 1 aromatic heterocycles. The zero-order valence-electron chi connectivity index (χ0n) is 16.6. The molecule has 2 aromatic carbocycles. The first-order chi connectivity index (χ1) is 14.2. The molecular formula is C20H20FN3O4S2. The molecule has 7 nitrogen and oxygen atoms in total. The summed E-state index contributed by atoms with van der Waals surface area (Å²) < 4.78 is 21.3. The lowest BCUT2D eigenvalue weighted by atomic mass is 10.1. The van der Waals surface area contributed by atoms with Crippen molar-refractivity contribution in [2.24, 2.45) is 0 Å². The van der Waals surface area contributed by atoms with E-state index in [0.29, 0.717) is 5.69 Å². The highest BCUT2D eigenvalue weighted by Gasteiger charge is 2.18. The fourth-order valence-corrected chi connectivity index (χ4v) is 4.95. The largest absolute Gasteiger partial charge is 0.379 e. The van der Waals surface area contributed by atoms with E-state index in [-0.39, 0.29) is 11.2 Å². The second-order valence-electron chi connectivity index (χ2n) is 7.10. The number of hydrogen-bond acceptors (Lipinski definition) is 7. The van der Waals surface area contributed by atoms with E-state index in [9.17, 15) is 19.3 Å².